The van der Waals surface area contributed by atoms with Crippen molar-refractivity contribution in [2.24, 2.45) is 5.92 Å². The summed E-state index contributed by atoms with van der Waals surface area (Å²) >= 11 is 0. The highest BCUT2D eigenvalue weighted by Gasteiger charge is 2.16. The number of aliphatic hydroxyl groups excluding tert-OH is 1. The molecule has 18 heavy (non-hydrogen) atoms. The lowest BCUT2D eigenvalue weighted by molar-refractivity contribution is 0.0550. The van der Waals surface area contributed by atoms with Crippen molar-refractivity contribution in [3.05, 3.63) is 0 Å². The first-order valence-corrected chi connectivity index (χ1v) is 7.25. The van der Waals surface area contributed by atoms with E-state index < -0.39 is 0 Å². The zero-order valence-corrected chi connectivity index (χ0v) is 12.2. The first-order chi connectivity index (χ1) is 8.61. The van der Waals surface area contributed by atoms with Gasteiger partial charge in [-0.15, -0.1) is 0 Å². The summed E-state index contributed by atoms with van der Waals surface area (Å²) in [4.78, 5) is 2.39. The Bertz CT molecular complexity index is 206. The summed E-state index contributed by atoms with van der Waals surface area (Å²) in [6.45, 7) is 8.51. The summed E-state index contributed by atoms with van der Waals surface area (Å²) in [5.41, 5.74) is 0. The SMILES string of the molecule is CC(C)NC(CO)CCN(C)CC1CCOCC1. The van der Waals surface area contributed by atoms with Gasteiger partial charge in [-0.05, 0) is 38.8 Å². The third-order valence-corrected chi connectivity index (χ3v) is 3.56. The number of hydrogen-bond donors (Lipinski definition) is 2. The summed E-state index contributed by atoms with van der Waals surface area (Å²) in [6, 6.07) is 0.657. The fourth-order valence-corrected chi connectivity index (χ4v) is 2.54. The molecule has 0 aliphatic carbocycles. The molecule has 1 rings (SSSR count). The van der Waals surface area contributed by atoms with Crippen LogP contribution in [0.2, 0.25) is 0 Å². The van der Waals surface area contributed by atoms with Crippen LogP contribution in [0.5, 0.6) is 0 Å². The topological polar surface area (TPSA) is 44.7 Å². The van der Waals surface area contributed by atoms with Crippen molar-refractivity contribution in [2.75, 3.05) is 40.0 Å². The van der Waals surface area contributed by atoms with Crippen molar-refractivity contribution in [3.63, 3.8) is 0 Å². The molecule has 0 aromatic rings. The summed E-state index contributed by atoms with van der Waals surface area (Å²) in [5.74, 6) is 0.786. The van der Waals surface area contributed by atoms with E-state index in [-0.39, 0.29) is 12.6 Å². The number of nitrogens with zero attached hydrogens (tertiary/aromatic N) is 1. The second kappa shape index (κ2) is 8.86. The quantitative estimate of drug-likeness (QED) is 0.684. The predicted octanol–water partition coefficient (Wildman–Crippen LogP) is 1.09. The molecule has 0 amide bonds. The van der Waals surface area contributed by atoms with Crippen LogP contribution in [-0.4, -0.2) is 62.0 Å². The van der Waals surface area contributed by atoms with Crippen LogP contribution in [0.15, 0.2) is 0 Å². The fraction of sp³-hybridized carbons (Fsp3) is 1.00. The third kappa shape index (κ3) is 6.69. The molecule has 2 N–H and O–H groups in total. The molecule has 0 saturated carbocycles. The second-order valence-electron chi connectivity index (χ2n) is 5.81. The van der Waals surface area contributed by atoms with E-state index in [0.717, 1.165) is 38.6 Å². The Morgan fingerprint density at radius 2 is 2.00 bits per heavy atom. The highest BCUT2D eigenvalue weighted by atomic mass is 16.5. The monoisotopic (exact) mass is 258 g/mol. The highest BCUT2D eigenvalue weighted by molar-refractivity contribution is 4.72. The molecule has 1 unspecified atom stereocenters. The average molecular weight is 258 g/mol. The number of rotatable bonds is 8. The first-order valence-electron chi connectivity index (χ1n) is 7.25. The molecule has 0 spiro atoms. The van der Waals surface area contributed by atoms with Gasteiger partial charge in [-0.1, -0.05) is 13.8 Å². The van der Waals surface area contributed by atoms with E-state index in [4.69, 9.17) is 4.74 Å². The number of aliphatic hydroxyl groups is 1. The third-order valence-electron chi connectivity index (χ3n) is 3.56. The van der Waals surface area contributed by atoms with E-state index >= 15 is 0 Å². The molecule has 1 heterocycles. The smallest absolute Gasteiger partial charge is 0.0585 e. The molecule has 0 bridgehead atoms. The van der Waals surface area contributed by atoms with Gasteiger partial charge in [-0.3, -0.25) is 0 Å². The Kier molecular flexibility index (Phi) is 7.82. The molecule has 0 aromatic heterocycles. The molecular weight excluding hydrogens is 228 g/mol. The molecule has 1 saturated heterocycles. The van der Waals surface area contributed by atoms with Crippen LogP contribution in [0.25, 0.3) is 0 Å². The zero-order valence-electron chi connectivity index (χ0n) is 12.2. The normalized spacial score (nSPS) is 19.7. The van der Waals surface area contributed by atoms with Crippen LogP contribution in [0.3, 0.4) is 0 Å². The van der Waals surface area contributed by atoms with Gasteiger partial charge in [0.15, 0.2) is 0 Å². The van der Waals surface area contributed by atoms with E-state index in [2.05, 4.69) is 31.1 Å². The summed E-state index contributed by atoms with van der Waals surface area (Å²) in [5, 5.41) is 12.7. The minimum absolute atomic E-state index is 0.224. The molecule has 1 fully saturated rings. The molecule has 0 radical (unpaired) electrons. The predicted molar refractivity (Wildman–Crippen MR) is 74.8 cm³/mol. The Hall–Kier alpha value is -0.160. The Balaban J connectivity index is 2.16. The Morgan fingerprint density at radius 3 is 2.56 bits per heavy atom. The van der Waals surface area contributed by atoms with Crippen molar-refractivity contribution < 1.29 is 9.84 Å². The molecule has 4 nitrogen and oxygen atoms in total. The van der Waals surface area contributed by atoms with Crippen LogP contribution in [-0.2, 0) is 4.74 Å². The molecule has 1 atom stereocenters. The van der Waals surface area contributed by atoms with Gasteiger partial charge in [-0.25, -0.2) is 0 Å². The van der Waals surface area contributed by atoms with Crippen molar-refractivity contribution in [3.8, 4) is 0 Å². The lowest BCUT2D eigenvalue weighted by atomic mass is 10.00. The lowest BCUT2D eigenvalue weighted by Gasteiger charge is -2.28. The maximum Gasteiger partial charge on any atom is 0.0585 e. The Labute approximate surface area is 112 Å². The number of ether oxygens (including phenoxy) is 1. The van der Waals surface area contributed by atoms with Gasteiger partial charge in [0.2, 0.25) is 0 Å². The molecule has 0 aromatic carbocycles. The minimum atomic E-state index is 0.224. The second-order valence-corrected chi connectivity index (χ2v) is 5.81. The maximum atomic E-state index is 9.31. The van der Waals surface area contributed by atoms with E-state index in [1.807, 2.05) is 0 Å². The van der Waals surface area contributed by atoms with Crippen LogP contribution in [0.1, 0.15) is 33.1 Å². The van der Waals surface area contributed by atoms with Gasteiger partial charge < -0.3 is 20.1 Å². The fourth-order valence-electron chi connectivity index (χ4n) is 2.54. The molecule has 108 valence electrons. The average Bonchev–Trinajstić information content (AvgIpc) is 2.35. The van der Waals surface area contributed by atoms with Gasteiger partial charge in [0.1, 0.15) is 0 Å². The number of hydrogen-bond acceptors (Lipinski definition) is 4. The van der Waals surface area contributed by atoms with Crippen LogP contribution < -0.4 is 5.32 Å². The van der Waals surface area contributed by atoms with E-state index in [1.54, 1.807) is 0 Å². The van der Waals surface area contributed by atoms with Gasteiger partial charge in [-0.2, -0.15) is 0 Å². The standard InChI is InChI=1S/C14H30N2O2/c1-12(2)15-14(11-17)4-7-16(3)10-13-5-8-18-9-6-13/h12-15,17H,4-11H2,1-3H3. The summed E-state index contributed by atoms with van der Waals surface area (Å²) < 4.78 is 5.38. The van der Waals surface area contributed by atoms with Gasteiger partial charge in [0.25, 0.3) is 0 Å². The largest absolute Gasteiger partial charge is 0.395 e. The molecule has 4 heteroatoms. The van der Waals surface area contributed by atoms with Crippen molar-refractivity contribution in [1.82, 2.24) is 10.2 Å². The van der Waals surface area contributed by atoms with Crippen molar-refractivity contribution in [2.45, 2.75) is 45.2 Å². The minimum Gasteiger partial charge on any atom is -0.395 e. The number of nitrogens with one attached hydrogen (secondary N) is 1. The van der Waals surface area contributed by atoms with Crippen LogP contribution >= 0.6 is 0 Å². The molecular formula is C14H30N2O2. The highest BCUT2D eigenvalue weighted by Crippen LogP contribution is 2.15. The van der Waals surface area contributed by atoms with E-state index in [1.165, 1.54) is 12.8 Å². The lowest BCUT2D eigenvalue weighted by Crippen LogP contribution is -2.40. The van der Waals surface area contributed by atoms with E-state index in [0.29, 0.717) is 6.04 Å². The first kappa shape index (κ1) is 15.9. The van der Waals surface area contributed by atoms with Crippen molar-refractivity contribution in [1.29, 1.82) is 0 Å². The maximum absolute atomic E-state index is 9.31. The molecule has 1 aliphatic rings. The summed E-state index contributed by atoms with van der Waals surface area (Å²) in [7, 11) is 2.18. The van der Waals surface area contributed by atoms with E-state index in [9.17, 15) is 5.11 Å². The van der Waals surface area contributed by atoms with Crippen molar-refractivity contribution >= 4 is 0 Å². The zero-order chi connectivity index (χ0) is 13.4. The molecule has 1 aliphatic heterocycles. The Morgan fingerprint density at radius 1 is 1.33 bits per heavy atom. The van der Waals surface area contributed by atoms with Gasteiger partial charge in [0.05, 0.1) is 6.61 Å². The van der Waals surface area contributed by atoms with Gasteiger partial charge in [0, 0.05) is 31.8 Å². The van der Waals surface area contributed by atoms with Gasteiger partial charge >= 0.3 is 0 Å². The summed E-state index contributed by atoms with van der Waals surface area (Å²) in [6.07, 6.45) is 3.39. The van der Waals surface area contributed by atoms with Crippen LogP contribution in [0.4, 0.5) is 0 Å². The van der Waals surface area contributed by atoms with Crippen LogP contribution in [0, 0.1) is 5.92 Å².